The van der Waals surface area contributed by atoms with Gasteiger partial charge >= 0.3 is 29.6 Å². The third-order valence-corrected chi connectivity index (χ3v) is 9.43. The summed E-state index contributed by atoms with van der Waals surface area (Å²) in [4.78, 5) is 71.1. The molecule has 2 aromatic heterocycles. The molecule has 0 bridgehead atoms. The van der Waals surface area contributed by atoms with Crippen molar-refractivity contribution in [2.75, 3.05) is 32.0 Å². The fourth-order valence-electron chi connectivity index (χ4n) is 3.55. The van der Waals surface area contributed by atoms with E-state index in [0.29, 0.717) is 0 Å². The first-order valence-corrected chi connectivity index (χ1v) is 16.7. The Bertz CT molecular complexity index is 1570. The number of hydrogen-bond acceptors (Lipinski definition) is 17. The Labute approximate surface area is 250 Å². The number of carbonyl (C=O) groups is 2. The second-order valence-corrected chi connectivity index (χ2v) is 13.4. The Morgan fingerprint density at radius 1 is 1.16 bits per heavy atom. The highest BCUT2D eigenvalue weighted by atomic mass is 32.1. The number of ether oxygens (including phenoxy) is 2. The van der Waals surface area contributed by atoms with Crippen LogP contribution in [-0.4, -0.2) is 112 Å². The number of nitrogens with two attached hydrogens (primary N) is 2. The van der Waals surface area contributed by atoms with Crippen LogP contribution >= 0.6 is 35.7 Å². The van der Waals surface area contributed by atoms with E-state index < -0.39 is 79.3 Å². The minimum Gasteiger partial charge on any atom is -0.439 e. The molecule has 44 heavy (non-hydrogen) atoms. The summed E-state index contributed by atoms with van der Waals surface area (Å²) in [6.45, 7) is -2.03. The van der Waals surface area contributed by atoms with Crippen LogP contribution in [0.4, 0.5) is 10.7 Å². The number of aliphatic hydroxyl groups is 2. The van der Waals surface area contributed by atoms with Gasteiger partial charge in [-0.1, -0.05) is 12.2 Å². The molecule has 0 aromatic carbocycles. The number of aliphatic hydroxyl groups excluding tert-OH is 2. The average molecular weight is 712 g/mol. The predicted molar refractivity (Wildman–Crippen MR) is 143 cm³/mol. The maximum atomic E-state index is 12.5. The quantitative estimate of drug-likeness (QED) is 0.0535. The van der Waals surface area contributed by atoms with Crippen molar-refractivity contribution < 1.29 is 75.7 Å². The van der Waals surface area contributed by atoms with E-state index >= 15 is 0 Å². The molecule has 3 heterocycles. The number of H-pyrrole nitrogens is 1. The van der Waals surface area contributed by atoms with Gasteiger partial charge < -0.3 is 66.3 Å². The molecule has 1 aliphatic heterocycles. The summed E-state index contributed by atoms with van der Waals surface area (Å²) in [7, 11) is -17.1. The van der Waals surface area contributed by atoms with Gasteiger partial charge in [-0.15, -0.1) is 0 Å². The Hall–Kier alpha value is -2.44. The molecule has 24 nitrogen and oxygen atoms in total. The summed E-state index contributed by atoms with van der Waals surface area (Å²) in [5.74, 6) is -0.843. The van der Waals surface area contributed by atoms with Crippen molar-refractivity contribution in [2.45, 2.75) is 30.6 Å². The molecule has 1 fully saturated rings. The Morgan fingerprint density at radius 3 is 2.45 bits per heavy atom. The average Bonchev–Trinajstić information content (AvgIpc) is 3.43. The van der Waals surface area contributed by atoms with E-state index in [-0.39, 0.29) is 34.8 Å². The second kappa shape index (κ2) is 14.3. The first-order valence-electron chi connectivity index (χ1n) is 11.8. The number of aromatic amines is 1. The fourth-order valence-corrected chi connectivity index (χ4v) is 6.83. The van der Waals surface area contributed by atoms with Crippen molar-refractivity contribution in [1.29, 1.82) is 0 Å². The standard InChI is InChI=1S/C16H27N8O16P3S/c17-6(3-25)12(27)19-1-2-20-16(28)38-10-9(26)7(4-36-42(32,33)40-43(34,35)39-41(29,30)31)37-14(10)24-5-21-8-11(24)22-15(18)23-13(8)44/h5-7,9-10,14,25-26H,1-4,17H2,(H,19,27)(H,20,28)(H,32,33)(H,34,35)(H2,29,30,31)(H3,18,22,23,44)/t6?,7-,9-,10-,14-/m1/s1. The van der Waals surface area contributed by atoms with Gasteiger partial charge in [-0.05, 0) is 0 Å². The van der Waals surface area contributed by atoms with Gasteiger partial charge in [0.05, 0.1) is 19.5 Å². The highest BCUT2D eigenvalue weighted by molar-refractivity contribution is 7.71. The van der Waals surface area contributed by atoms with E-state index in [1.54, 1.807) is 0 Å². The lowest BCUT2D eigenvalue weighted by Gasteiger charge is -2.22. The lowest BCUT2D eigenvalue weighted by molar-refractivity contribution is -0.123. The van der Waals surface area contributed by atoms with Crippen molar-refractivity contribution >= 4 is 64.8 Å². The smallest absolute Gasteiger partial charge is 0.439 e. The molecule has 3 rings (SSSR count). The molecular formula is C16H27N8O16P3S. The topological polar surface area (TPSA) is 375 Å². The van der Waals surface area contributed by atoms with Crippen LogP contribution in [-0.2, 0) is 41.1 Å². The van der Waals surface area contributed by atoms with Gasteiger partial charge in [-0.3, -0.25) is 13.9 Å². The van der Waals surface area contributed by atoms with Crippen molar-refractivity contribution in [2.24, 2.45) is 5.73 Å². The van der Waals surface area contributed by atoms with Crippen LogP contribution in [0.3, 0.4) is 0 Å². The van der Waals surface area contributed by atoms with Crippen LogP contribution in [0.5, 0.6) is 0 Å². The number of phosphoric acid groups is 3. The zero-order chi connectivity index (χ0) is 33.0. The third kappa shape index (κ3) is 9.78. The molecule has 0 spiro atoms. The van der Waals surface area contributed by atoms with Gasteiger partial charge in [-0.2, -0.15) is 8.62 Å². The van der Waals surface area contributed by atoms with Crippen molar-refractivity contribution in [3.8, 4) is 0 Å². The Balaban J connectivity index is 1.77. The molecule has 3 unspecified atom stereocenters. The Morgan fingerprint density at radius 2 is 1.82 bits per heavy atom. The highest BCUT2D eigenvalue weighted by Gasteiger charge is 2.49. The van der Waals surface area contributed by atoms with Gasteiger partial charge in [0.1, 0.15) is 29.4 Å². The number of phosphoric ester groups is 1. The van der Waals surface area contributed by atoms with Crippen molar-refractivity contribution in [3.05, 3.63) is 11.0 Å². The maximum absolute atomic E-state index is 12.5. The van der Waals surface area contributed by atoms with E-state index in [9.17, 15) is 38.2 Å². The molecule has 28 heteroatoms. The predicted octanol–water partition coefficient (Wildman–Crippen LogP) is -2.80. The van der Waals surface area contributed by atoms with Crippen LogP contribution in [0.25, 0.3) is 11.2 Å². The van der Waals surface area contributed by atoms with Crippen LogP contribution in [0.1, 0.15) is 6.23 Å². The summed E-state index contributed by atoms with van der Waals surface area (Å²) < 4.78 is 58.5. The molecule has 0 aliphatic carbocycles. The monoisotopic (exact) mass is 712 g/mol. The van der Waals surface area contributed by atoms with E-state index in [1.165, 1.54) is 4.57 Å². The number of anilines is 1. The summed E-state index contributed by atoms with van der Waals surface area (Å²) in [5.41, 5.74) is 11.3. The SMILES string of the molecule is Nc1nc(=S)c2ncn([C@@H]3O[C@H](COP(=O)(O)OP(=O)(O)OP(=O)(O)O)[C@@H](O)[C@H]3OC(=O)NCCNC(=O)C(N)CO)c2[nH]1. The van der Waals surface area contributed by atoms with E-state index in [0.717, 1.165) is 6.33 Å². The molecule has 0 saturated carbocycles. The van der Waals surface area contributed by atoms with Crippen molar-refractivity contribution in [1.82, 2.24) is 30.2 Å². The highest BCUT2D eigenvalue weighted by Crippen LogP contribution is 2.66. The number of alkyl carbamates (subject to hydrolysis) is 1. The first kappa shape index (κ1) is 36.0. The largest absolute Gasteiger partial charge is 0.490 e. The number of aromatic nitrogens is 4. The van der Waals surface area contributed by atoms with Crippen molar-refractivity contribution in [3.63, 3.8) is 0 Å². The number of fused-ring (bicyclic) bond motifs is 1. The minimum absolute atomic E-state index is 0.0315. The molecule has 2 amide bonds. The van der Waals surface area contributed by atoms with Gasteiger partial charge in [-0.25, -0.2) is 28.5 Å². The molecule has 1 saturated heterocycles. The zero-order valence-corrected chi connectivity index (χ0v) is 25.3. The number of amides is 2. The second-order valence-electron chi connectivity index (χ2n) is 8.60. The van der Waals surface area contributed by atoms with Gasteiger partial charge in [0.25, 0.3) is 0 Å². The summed E-state index contributed by atoms with van der Waals surface area (Å²) in [6, 6.07) is -1.18. The normalized spacial score (nSPS) is 23.9. The van der Waals surface area contributed by atoms with E-state index in [2.05, 4.69) is 38.7 Å². The third-order valence-electron chi connectivity index (χ3n) is 5.34. The first-order chi connectivity index (χ1) is 20.3. The zero-order valence-electron chi connectivity index (χ0n) is 21.8. The lowest BCUT2D eigenvalue weighted by atomic mass is 10.1. The lowest BCUT2D eigenvalue weighted by Crippen LogP contribution is -2.46. The van der Waals surface area contributed by atoms with Gasteiger partial charge in [0.15, 0.2) is 22.9 Å². The van der Waals surface area contributed by atoms with Crippen LogP contribution in [0.15, 0.2) is 6.33 Å². The number of imidazole rings is 1. The minimum atomic E-state index is -5.83. The number of nitrogens with zero attached hydrogens (tertiary/aromatic N) is 3. The molecule has 248 valence electrons. The van der Waals surface area contributed by atoms with Gasteiger partial charge in [0.2, 0.25) is 5.91 Å². The van der Waals surface area contributed by atoms with E-state index in [1.807, 2.05) is 0 Å². The summed E-state index contributed by atoms with van der Waals surface area (Å²) >= 11 is 5.12. The molecular weight excluding hydrogens is 685 g/mol. The van der Waals surface area contributed by atoms with E-state index in [4.69, 9.17) is 48.1 Å². The van der Waals surface area contributed by atoms with Crippen LogP contribution < -0.4 is 22.1 Å². The van der Waals surface area contributed by atoms with Crippen LogP contribution in [0, 0.1) is 4.64 Å². The molecule has 13 N–H and O–H groups in total. The molecule has 0 radical (unpaired) electrons. The Kier molecular flexibility index (Phi) is 11.7. The van der Waals surface area contributed by atoms with Crippen LogP contribution in [0.2, 0.25) is 0 Å². The molecule has 2 aromatic rings. The number of carbonyl (C=O) groups excluding carboxylic acids is 2. The number of rotatable bonds is 14. The van der Waals surface area contributed by atoms with Gasteiger partial charge in [0, 0.05) is 13.1 Å². The number of nitrogens with one attached hydrogen (secondary N) is 3. The molecule has 7 atom stereocenters. The number of hydrogen-bond donors (Lipinski definition) is 11. The fraction of sp³-hybridized carbons (Fsp3) is 0.562. The summed E-state index contributed by atoms with van der Waals surface area (Å²) in [6.07, 6.45) is -6.58. The summed E-state index contributed by atoms with van der Waals surface area (Å²) in [5, 5.41) is 24.4. The molecule has 1 aliphatic rings. The maximum Gasteiger partial charge on any atom is 0.490 e. The number of nitrogen functional groups attached to an aromatic ring is 1.